The topological polar surface area (TPSA) is 12.5 Å². The first-order chi connectivity index (χ1) is 9.42. The molecule has 1 aromatic carbocycles. The molecule has 0 aliphatic carbocycles. The van der Waals surface area contributed by atoms with E-state index in [9.17, 15) is 0 Å². The van der Waals surface area contributed by atoms with Crippen molar-refractivity contribution < 1.29 is 4.74 Å². The Kier molecular flexibility index (Phi) is 4.97. The van der Waals surface area contributed by atoms with E-state index in [-0.39, 0.29) is 0 Å². The second-order valence-electron chi connectivity index (χ2n) is 5.14. The Morgan fingerprint density at radius 1 is 1.05 bits per heavy atom. The number of para-hydroxylation sites is 1. The molecular weight excluding hydrogens is 274 g/mol. The van der Waals surface area contributed by atoms with Crippen molar-refractivity contribution in [2.75, 3.05) is 36.1 Å². The Balaban J connectivity index is 1.52. The maximum Gasteiger partial charge on any atom is 0.119 e. The summed E-state index contributed by atoms with van der Waals surface area (Å²) in [6.45, 7) is 2.30. The molecule has 3 rings (SSSR count). The van der Waals surface area contributed by atoms with E-state index in [0.717, 1.165) is 18.3 Å². The summed E-state index contributed by atoms with van der Waals surface area (Å²) in [7, 11) is 0. The maximum absolute atomic E-state index is 6.07. The summed E-state index contributed by atoms with van der Waals surface area (Å²) in [6.07, 6.45) is 1.54. The fraction of sp³-hybridized carbons (Fsp3) is 0.600. The van der Waals surface area contributed by atoms with Gasteiger partial charge in [0.15, 0.2) is 0 Å². The first kappa shape index (κ1) is 13.7. The quantitative estimate of drug-likeness (QED) is 0.849. The molecule has 19 heavy (non-hydrogen) atoms. The van der Waals surface area contributed by atoms with E-state index in [2.05, 4.69) is 40.6 Å². The number of hydrogen-bond donors (Lipinski definition) is 0. The minimum atomic E-state index is 0.376. The van der Waals surface area contributed by atoms with Crippen molar-refractivity contribution >= 4 is 23.5 Å². The van der Waals surface area contributed by atoms with E-state index in [1.165, 1.54) is 36.0 Å². The number of likely N-dealkylation sites (tertiary alicyclic amines) is 1. The van der Waals surface area contributed by atoms with Gasteiger partial charge in [-0.2, -0.15) is 23.5 Å². The highest BCUT2D eigenvalue weighted by Gasteiger charge is 2.29. The fourth-order valence-corrected chi connectivity index (χ4v) is 5.32. The second-order valence-corrected chi connectivity index (χ2v) is 7.44. The van der Waals surface area contributed by atoms with Crippen molar-refractivity contribution in [2.24, 2.45) is 0 Å². The Morgan fingerprint density at radius 2 is 1.79 bits per heavy atom. The van der Waals surface area contributed by atoms with Crippen LogP contribution in [0.2, 0.25) is 0 Å². The summed E-state index contributed by atoms with van der Waals surface area (Å²) < 4.78 is 6.07. The van der Waals surface area contributed by atoms with Crippen molar-refractivity contribution in [2.45, 2.75) is 18.6 Å². The predicted molar refractivity (Wildman–Crippen MR) is 85.5 cm³/mol. The molecule has 0 amide bonds. The molecule has 0 saturated carbocycles. The van der Waals surface area contributed by atoms with E-state index < -0.39 is 0 Å². The second kappa shape index (κ2) is 6.91. The van der Waals surface area contributed by atoms with Crippen molar-refractivity contribution in [3.63, 3.8) is 0 Å². The van der Waals surface area contributed by atoms with Gasteiger partial charge in [-0.05, 0) is 18.6 Å². The van der Waals surface area contributed by atoms with Crippen LogP contribution in [0.25, 0.3) is 0 Å². The summed E-state index contributed by atoms with van der Waals surface area (Å²) in [6, 6.07) is 11.0. The molecule has 2 heterocycles. The molecule has 1 aromatic rings. The van der Waals surface area contributed by atoms with Crippen molar-refractivity contribution in [1.82, 2.24) is 4.90 Å². The molecule has 0 spiro atoms. The number of thioether (sulfide) groups is 2. The number of ether oxygens (including phenoxy) is 1. The zero-order valence-corrected chi connectivity index (χ0v) is 12.8. The zero-order chi connectivity index (χ0) is 12.9. The van der Waals surface area contributed by atoms with Crippen LogP contribution in [0, 0.1) is 0 Å². The van der Waals surface area contributed by atoms with Gasteiger partial charge in [-0.25, -0.2) is 0 Å². The lowest BCUT2D eigenvalue weighted by Gasteiger charge is -2.25. The number of rotatable bonds is 3. The normalized spacial score (nSPS) is 26.2. The molecule has 0 unspecified atom stereocenters. The predicted octanol–water partition coefficient (Wildman–Crippen LogP) is 2.99. The average molecular weight is 295 g/mol. The summed E-state index contributed by atoms with van der Waals surface area (Å²) in [5, 5.41) is 0. The summed E-state index contributed by atoms with van der Waals surface area (Å²) in [5.41, 5.74) is 0. The van der Waals surface area contributed by atoms with Crippen LogP contribution in [0.3, 0.4) is 0 Å². The summed E-state index contributed by atoms with van der Waals surface area (Å²) >= 11 is 4.23. The Morgan fingerprint density at radius 3 is 2.53 bits per heavy atom. The Bertz CT molecular complexity index is 379. The lowest BCUT2D eigenvalue weighted by Crippen LogP contribution is -2.38. The molecule has 1 atom stereocenters. The van der Waals surface area contributed by atoms with Crippen LogP contribution in [0.5, 0.6) is 5.75 Å². The SMILES string of the molecule is c1ccc(O[C@@H]2CCN(C3CSCCSC3)C2)cc1. The first-order valence-electron chi connectivity index (χ1n) is 7.03. The van der Waals surface area contributed by atoms with Gasteiger partial charge in [0, 0.05) is 42.1 Å². The van der Waals surface area contributed by atoms with Crippen LogP contribution in [0.15, 0.2) is 30.3 Å². The first-order valence-corrected chi connectivity index (χ1v) is 9.34. The third kappa shape index (κ3) is 3.83. The van der Waals surface area contributed by atoms with Gasteiger partial charge >= 0.3 is 0 Å². The standard InChI is InChI=1S/C15H21NOS2/c1-2-4-14(5-3-1)17-15-6-7-16(10-15)13-11-18-8-9-19-12-13/h1-5,13,15H,6-12H2/t15-/m1/s1. The maximum atomic E-state index is 6.07. The number of hydrogen-bond acceptors (Lipinski definition) is 4. The van der Waals surface area contributed by atoms with Gasteiger partial charge in [0.2, 0.25) is 0 Å². The molecule has 2 aliphatic heterocycles. The van der Waals surface area contributed by atoms with Gasteiger partial charge in [-0.1, -0.05) is 18.2 Å². The smallest absolute Gasteiger partial charge is 0.119 e. The summed E-state index contributed by atoms with van der Waals surface area (Å²) in [5.74, 6) is 6.24. The van der Waals surface area contributed by atoms with Gasteiger partial charge in [-0.3, -0.25) is 4.90 Å². The Hall–Kier alpha value is -0.320. The number of benzene rings is 1. The van der Waals surface area contributed by atoms with Crippen LogP contribution in [0.4, 0.5) is 0 Å². The molecule has 2 fully saturated rings. The van der Waals surface area contributed by atoms with E-state index in [4.69, 9.17) is 4.74 Å². The molecular formula is C15H21NOS2. The van der Waals surface area contributed by atoms with Crippen molar-refractivity contribution in [3.05, 3.63) is 30.3 Å². The molecule has 2 aliphatic rings. The fourth-order valence-electron chi connectivity index (χ4n) is 2.69. The highest BCUT2D eigenvalue weighted by molar-refractivity contribution is 8.03. The molecule has 0 aromatic heterocycles. The minimum absolute atomic E-state index is 0.376. The van der Waals surface area contributed by atoms with E-state index >= 15 is 0 Å². The van der Waals surface area contributed by atoms with Gasteiger partial charge in [0.05, 0.1) is 0 Å². The van der Waals surface area contributed by atoms with E-state index in [1.807, 2.05) is 18.2 Å². The molecule has 0 bridgehead atoms. The molecule has 0 N–H and O–H groups in total. The lowest BCUT2D eigenvalue weighted by molar-refractivity contribution is 0.189. The molecule has 2 saturated heterocycles. The van der Waals surface area contributed by atoms with Crippen molar-refractivity contribution in [1.29, 1.82) is 0 Å². The highest BCUT2D eigenvalue weighted by atomic mass is 32.2. The third-order valence-electron chi connectivity index (χ3n) is 3.73. The average Bonchev–Trinajstić information content (AvgIpc) is 2.74. The monoisotopic (exact) mass is 295 g/mol. The van der Waals surface area contributed by atoms with Gasteiger partial charge in [-0.15, -0.1) is 0 Å². The summed E-state index contributed by atoms with van der Waals surface area (Å²) in [4.78, 5) is 2.64. The van der Waals surface area contributed by atoms with Gasteiger partial charge < -0.3 is 4.74 Å². The van der Waals surface area contributed by atoms with Crippen LogP contribution in [-0.4, -0.2) is 53.1 Å². The Labute approximate surface area is 124 Å². The molecule has 104 valence electrons. The molecule has 2 nitrogen and oxygen atoms in total. The number of nitrogens with zero attached hydrogens (tertiary/aromatic N) is 1. The highest BCUT2D eigenvalue weighted by Crippen LogP contribution is 2.25. The van der Waals surface area contributed by atoms with Crippen LogP contribution in [0.1, 0.15) is 6.42 Å². The van der Waals surface area contributed by atoms with Crippen LogP contribution >= 0.6 is 23.5 Å². The lowest BCUT2D eigenvalue weighted by atomic mass is 10.3. The third-order valence-corrected chi connectivity index (χ3v) is 6.22. The van der Waals surface area contributed by atoms with E-state index in [0.29, 0.717) is 6.10 Å². The van der Waals surface area contributed by atoms with Gasteiger partial charge in [0.25, 0.3) is 0 Å². The molecule has 0 radical (unpaired) electrons. The van der Waals surface area contributed by atoms with Gasteiger partial charge in [0.1, 0.15) is 11.9 Å². The zero-order valence-electron chi connectivity index (χ0n) is 11.2. The minimum Gasteiger partial charge on any atom is -0.489 e. The van der Waals surface area contributed by atoms with Crippen LogP contribution < -0.4 is 4.74 Å². The van der Waals surface area contributed by atoms with Crippen molar-refractivity contribution in [3.8, 4) is 5.75 Å². The van der Waals surface area contributed by atoms with Crippen LogP contribution in [-0.2, 0) is 0 Å². The molecule has 4 heteroatoms. The largest absolute Gasteiger partial charge is 0.489 e. The van der Waals surface area contributed by atoms with E-state index in [1.54, 1.807) is 0 Å².